The summed E-state index contributed by atoms with van der Waals surface area (Å²) in [4.78, 5) is 0. The predicted molar refractivity (Wildman–Crippen MR) is 53.1 cm³/mol. The molecule has 0 aliphatic heterocycles. The van der Waals surface area contributed by atoms with E-state index in [1.807, 2.05) is 0 Å². The van der Waals surface area contributed by atoms with E-state index in [0.29, 0.717) is 23.3 Å². The molecule has 0 saturated heterocycles. The maximum atomic E-state index is 8.78. The Balaban J connectivity index is 2.14. The van der Waals surface area contributed by atoms with Gasteiger partial charge in [0.1, 0.15) is 11.4 Å². The number of nitrogens with zero attached hydrogens (tertiary/aromatic N) is 2. The molecule has 78 valence electrons. The highest BCUT2D eigenvalue weighted by molar-refractivity contribution is 6.42. The SMILES string of the molecule is O/N=C1/C[C@H]2CCCC[C@H]2C/C1=N\O. The first-order valence-corrected chi connectivity index (χ1v) is 5.27. The fraction of sp³-hybridized carbons (Fsp3) is 0.800. The van der Waals surface area contributed by atoms with E-state index < -0.39 is 0 Å². The molecule has 14 heavy (non-hydrogen) atoms. The summed E-state index contributed by atoms with van der Waals surface area (Å²) in [5, 5.41) is 24.0. The molecule has 4 nitrogen and oxygen atoms in total. The third-order valence-electron chi connectivity index (χ3n) is 3.55. The molecule has 0 spiro atoms. The predicted octanol–water partition coefficient (Wildman–Crippen LogP) is 2.25. The minimum absolute atomic E-state index is 0.579. The van der Waals surface area contributed by atoms with Gasteiger partial charge in [0.05, 0.1) is 0 Å². The molecule has 2 fully saturated rings. The van der Waals surface area contributed by atoms with Crippen LogP contribution in [0.3, 0.4) is 0 Å². The number of hydrogen-bond acceptors (Lipinski definition) is 4. The Morgan fingerprint density at radius 2 is 1.29 bits per heavy atom. The highest BCUT2D eigenvalue weighted by atomic mass is 16.4. The van der Waals surface area contributed by atoms with E-state index in [9.17, 15) is 0 Å². The summed E-state index contributed by atoms with van der Waals surface area (Å²) >= 11 is 0. The summed E-state index contributed by atoms with van der Waals surface area (Å²) in [5.41, 5.74) is 1.16. The van der Waals surface area contributed by atoms with Crippen molar-refractivity contribution in [1.82, 2.24) is 0 Å². The highest BCUT2D eigenvalue weighted by Crippen LogP contribution is 2.38. The monoisotopic (exact) mass is 196 g/mol. The van der Waals surface area contributed by atoms with Gasteiger partial charge in [-0.3, -0.25) is 0 Å². The van der Waals surface area contributed by atoms with Gasteiger partial charge in [-0.25, -0.2) is 0 Å². The fourth-order valence-electron chi connectivity index (χ4n) is 2.75. The van der Waals surface area contributed by atoms with Crippen LogP contribution in [0.15, 0.2) is 10.3 Å². The smallest absolute Gasteiger partial charge is 0.105 e. The molecule has 0 radical (unpaired) electrons. The molecule has 0 aromatic carbocycles. The lowest BCUT2D eigenvalue weighted by molar-refractivity contribution is 0.235. The third-order valence-corrected chi connectivity index (χ3v) is 3.55. The van der Waals surface area contributed by atoms with E-state index in [2.05, 4.69) is 10.3 Å². The van der Waals surface area contributed by atoms with Crippen LogP contribution in [0.2, 0.25) is 0 Å². The molecule has 2 atom stereocenters. The first kappa shape index (κ1) is 9.49. The molecule has 0 amide bonds. The summed E-state index contributed by atoms with van der Waals surface area (Å²) in [5.74, 6) is 1.28. The van der Waals surface area contributed by atoms with Gasteiger partial charge in [0.2, 0.25) is 0 Å². The Labute approximate surface area is 83.3 Å². The summed E-state index contributed by atoms with van der Waals surface area (Å²) in [6.45, 7) is 0. The van der Waals surface area contributed by atoms with Crippen LogP contribution in [0.5, 0.6) is 0 Å². The van der Waals surface area contributed by atoms with E-state index in [4.69, 9.17) is 10.4 Å². The van der Waals surface area contributed by atoms with Gasteiger partial charge in [-0.05, 0) is 37.5 Å². The maximum absolute atomic E-state index is 8.78. The summed E-state index contributed by atoms with van der Waals surface area (Å²) < 4.78 is 0. The number of hydrogen-bond donors (Lipinski definition) is 2. The van der Waals surface area contributed by atoms with E-state index >= 15 is 0 Å². The Hall–Kier alpha value is -1.06. The lowest BCUT2D eigenvalue weighted by Crippen LogP contribution is -2.34. The van der Waals surface area contributed by atoms with Gasteiger partial charge >= 0.3 is 0 Å². The number of oxime groups is 2. The fourth-order valence-corrected chi connectivity index (χ4v) is 2.75. The lowest BCUT2D eigenvalue weighted by atomic mass is 9.70. The standard InChI is InChI=1S/C10H16N2O2/c13-11-9-5-7-3-1-2-4-8(7)6-10(9)12-14/h7-8,13-14H,1-6H2/b11-9-,12-10+/t7-,8+/m1/s1. The largest absolute Gasteiger partial charge is 0.411 e. The van der Waals surface area contributed by atoms with Crippen molar-refractivity contribution in [2.75, 3.05) is 0 Å². The van der Waals surface area contributed by atoms with Crippen molar-refractivity contribution in [3.8, 4) is 0 Å². The molecule has 0 aromatic heterocycles. The zero-order chi connectivity index (χ0) is 9.97. The van der Waals surface area contributed by atoms with Crippen LogP contribution in [0, 0.1) is 11.8 Å². The molecule has 0 aromatic rings. The zero-order valence-electron chi connectivity index (χ0n) is 8.19. The Bertz CT molecular complexity index is 245. The van der Waals surface area contributed by atoms with Crippen LogP contribution in [-0.2, 0) is 0 Å². The first-order valence-electron chi connectivity index (χ1n) is 5.27. The van der Waals surface area contributed by atoms with Crippen molar-refractivity contribution in [3.05, 3.63) is 0 Å². The normalized spacial score (nSPS) is 38.6. The second kappa shape index (κ2) is 3.98. The second-order valence-corrected chi connectivity index (χ2v) is 4.31. The van der Waals surface area contributed by atoms with Crippen molar-refractivity contribution in [2.24, 2.45) is 22.1 Å². The van der Waals surface area contributed by atoms with Gasteiger partial charge in [-0.2, -0.15) is 0 Å². The molecule has 2 saturated carbocycles. The Morgan fingerprint density at radius 3 is 1.64 bits per heavy atom. The van der Waals surface area contributed by atoms with Crippen molar-refractivity contribution in [2.45, 2.75) is 38.5 Å². The molecular formula is C10H16N2O2. The summed E-state index contributed by atoms with van der Waals surface area (Å²) in [6, 6.07) is 0. The molecule has 2 aliphatic carbocycles. The van der Waals surface area contributed by atoms with E-state index in [1.165, 1.54) is 25.7 Å². The third kappa shape index (κ3) is 1.61. The van der Waals surface area contributed by atoms with Crippen LogP contribution in [0.4, 0.5) is 0 Å². The average molecular weight is 196 g/mol. The quantitative estimate of drug-likeness (QED) is 0.461. The Morgan fingerprint density at radius 1 is 0.857 bits per heavy atom. The summed E-state index contributed by atoms with van der Waals surface area (Å²) in [7, 11) is 0. The highest BCUT2D eigenvalue weighted by Gasteiger charge is 2.34. The topological polar surface area (TPSA) is 65.2 Å². The first-order chi connectivity index (χ1) is 6.85. The van der Waals surface area contributed by atoms with Crippen LogP contribution in [0.1, 0.15) is 38.5 Å². The molecule has 0 bridgehead atoms. The van der Waals surface area contributed by atoms with Gasteiger partial charge in [0.15, 0.2) is 0 Å². The van der Waals surface area contributed by atoms with Crippen molar-refractivity contribution in [1.29, 1.82) is 0 Å². The van der Waals surface area contributed by atoms with E-state index in [0.717, 1.165) is 12.8 Å². The van der Waals surface area contributed by atoms with Crippen LogP contribution < -0.4 is 0 Å². The van der Waals surface area contributed by atoms with Gasteiger partial charge in [-0.15, -0.1) is 0 Å². The molecule has 4 heteroatoms. The van der Waals surface area contributed by atoms with Gasteiger partial charge < -0.3 is 10.4 Å². The van der Waals surface area contributed by atoms with Crippen LogP contribution in [-0.4, -0.2) is 21.8 Å². The second-order valence-electron chi connectivity index (χ2n) is 4.31. The van der Waals surface area contributed by atoms with Gasteiger partial charge in [0.25, 0.3) is 0 Å². The number of rotatable bonds is 0. The average Bonchev–Trinajstić information content (AvgIpc) is 2.27. The minimum Gasteiger partial charge on any atom is -0.411 e. The Kier molecular flexibility index (Phi) is 2.70. The lowest BCUT2D eigenvalue weighted by Gasteiger charge is -2.35. The molecule has 2 rings (SSSR count). The van der Waals surface area contributed by atoms with Crippen molar-refractivity contribution >= 4 is 11.4 Å². The van der Waals surface area contributed by atoms with Gasteiger partial charge in [-0.1, -0.05) is 23.2 Å². The van der Waals surface area contributed by atoms with Gasteiger partial charge in [0, 0.05) is 0 Å². The zero-order valence-corrected chi connectivity index (χ0v) is 8.19. The summed E-state index contributed by atoms with van der Waals surface area (Å²) in [6.07, 6.45) is 6.57. The maximum Gasteiger partial charge on any atom is 0.105 e. The van der Waals surface area contributed by atoms with E-state index in [1.54, 1.807) is 0 Å². The molecular weight excluding hydrogens is 180 g/mol. The molecule has 2 N–H and O–H groups in total. The molecule has 2 aliphatic rings. The van der Waals surface area contributed by atoms with Crippen LogP contribution >= 0.6 is 0 Å². The van der Waals surface area contributed by atoms with Crippen LogP contribution in [0.25, 0.3) is 0 Å². The van der Waals surface area contributed by atoms with Crippen molar-refractivity contribution in [3.63, 3.8) is 0 Å². The van der Waals surface area contributed by atoms with Crippen molar-refractivity contribution < 1.29 is 10.4 Å². The number of fused-ring (bicyclic) bond motifs is 1. The molecule has 0 heterocycles. The minimum atomic E-state index is 0.579. The van der Waals surface area contributed by atoms with E-state index in [-0.39, 0.29) is 0 Å². The molecule has 0 unspecified atom stereocenters.